The van der Waals surface area contributed by atoms with Gasteiger partial charge in [0.1, 0.15) is 0 Å². The highest BCUT2D eigenvalue weighted by atomic mass is 32.2. The number of aliphatic hydroxyl groups excluding tert-OH is 1. The third-order valence-corrected chi connectivity index (χ3v) is 3.45. The van der Waals surface area contributed by atoms with E-state index in [0.29, 0.717) is 0 Å². The first-order valence-corrected chi connectivity index (χ1v) is 6.23. The van der Waals surface area contributed by atoms with Crippen molar-refractivity contribution in [2.75, 3.05) is 13.2 Å². The van der Waals surface area contributed by atoms with Crippen LogP contribution in [-0.4, -0.2) is 36.0 Å². The molecule has 0 spiro atoms. The second-order valence-electron chi connectivity index (χ2n) is 3.13. The van der Waals surface area contributed by atoms with Crippen molar-refractivity contribution in [2.24, 2.45) is 0 Å². The summed E-state index contributed by atoms with van der Waals surface area (Å²) in [5, 5.41) is 9.69. The van der Waals surface area contributed by atoms with Crippen molar-refractivity contribution in [3.63, 3.8) is 0 Å². The molecule has 0 fully saturated rings. The molecule has 1 aromatic heterocycles. The van der Waals surface area contributed by atoms with Gasteiger partial charge in [0.05, 0.1) is 6.61 Å². The maximum atomic E-state index is 11.6. The Labute approximate surface area is 95.1 Å². The monoisotopic (exact) mass is 242 g/mol. The summed E-state index contributed by atoms with van der Waals surface area (Å²) in [6.07, 6.45) is 3.20. The Morgan fingerprint density at radius 3 is 2.81 bits per heavy atom. The largest absolute Gasteiger partial charge is 0.395 e. The van der Waals surface area contributed by atoms with Gasteiger partial charge in [-0.1, -0.05) is 12.6 Å². The molecule has 88 valence electrons. The zero-order valence-electron chi connectivity index (χ0n) is 8.78. The molecule has 1 aromatic rings. The van der Waals surface area contributed by atoms with Crippen LogP contribution >= 0.6 is 0 Å². The summed E-state index contributed by atoms with van der Waals surface area (Å²) in [7, 11) is -3.51. The number of rotatable bonds is 6. The summed E-state index contributed by atoms with van der Waals surface area (Å²) in [6, 6.07) is 3.50. The first kappa shape index (κ1) is 12.8. The van der Waals surface area contributed by atoms with Crippen LogP contribution in [0.1, 0.15) is 5.56 Å². The van der Waals surface area contributed by atoms with Crippen molar-refractivity contribution >= 4 is 10.0 Å². The van der Waals surface area contributed by atoms with E-state index in [1.807, 2.05) is 0 Å². The number of sulfonamides is 1. The molecule has 1 heterocycles. The highest BCUT2D eigenvalue weighted by Gasteiger charge is 2.17. The van der Waals surface area contributed by atoms with E-state index in [1.54, 1.807) is 24.5 Å². The van der Waals surface area contributed by atoms with Gasteiger partial charge in [-0.05, 0) is 11.6 Å². The minimum absolute atomic E-state index is 0.0449. The summed E-state index contributed by atoms with van der Waals surface area (Å²) in [4.78, 5) is 3.90. The fourth-order valence-electron chi connectivity index (χ4n) is 1.21. The second-order valence-corrected chi connectivity index (χ2v) is 5.01. The maximum absolute atomic E-state index is 11.6. The third kappa shape index (κ3) is 3.41. The van der Waals surface area contributed by atoms with Gasteiger partial charge >= 0.3 is 0 Å². The van der Waals surface area contributed by atoms with Crippen LogP contribution in [0.2, 0.25) is 0 Å². The molecule has 5 nitrogen and oxygen atoms in total. The van der Waals surface area contributed by atoms with E-state index >= 15 is 0 Å². The van der Waals surface area contributed by atoms with Crippen molar-refractivity contribution in [1.82, 2.24) is 9.29 Å². The smallest absolute Gasteiger partial charge is 0.236 e. The number of nitrogens with zero attached hydrogens (tertiary/aromatic N) is 2. The van der Waals surface area contributed by atoms with Crippen LogP contribution in [0.15, 0.2) is 36.5 Å². The highest BCUT2D eigenvalue weighted by molar-refractivity contribution is 7.91. The molecule has 1 N–H and O–H groups in total. The zero-order valence-corrected chi connectivity index (χ0v) is 9.60. The Morgan fingerprint density at radius 2 is 2.31 bits per heavy atom. The third-order valence-electron chi connectivity index (χ3n) is 2.00. The summed E-state index contributed by atoms with van der Waals surface area (Å²) >= 11 is 0. The molecule has 16 heavy (non-hydrogen) atoms. The Hall–Kier alpha value is -1.24. The molecular formula is C10H14N2O3S. The van der Waals surface area contributed by atoms with Crippen molar-refractivity contribution < 1.29 is 13.5 Å². The fraction of sp³-hybridized carbons (Fsp3) is 0.300. The highest BCUT2D eigenvalue weighted by Crippen LogP contribution is 2.08. The van der Waals surface area contributed by atoms with Crippen LogP contribution in [0.5, 0.6) is 0 Å². The Bertz CT molecular complexity index is 431. The number of hydrogen-bond donors (Lipinski definition) is 1. The van der Waals surface area contributed by atoms with E-state index in [-0.39, 0.29) is 19.7 Å². The molecule has 0 aromatic carbocycles. The van der Waals surface area contributed by atoms with Crippen LogP contribution in [0.3, 0.4) is 0 Å². The number of aromatic nitrogens is 1. The van der Waals surface area contributed by atoms with E-state index in [1.165, 1.54) is 0 Å². The van der Waals surface area contributed by atoms with Crippen LogP contribution in [0.4, 0.5) is 0 Å². The minimum Gasteiger partial charge on any atom is -0.395 e. The molecule has 0 aliphatic heterocycles. The average Bonchev–Trinajstić information content (AvgIpc) is 2.30. The van der Waals surface area contributed by atoms with Crippen molar-refractivity contribution in [1.29, 1.82) is 0 Å². The molecule has 0 bridgehead atoms. The predicted molar refractivity (Wildman–Crippen MR) is 60.8 cm³/mol. The van der Waals surface area contributed by atoms with Gasteiger partial charge in [-0.3, -0.25) is 4.98 Å². The number of aliphatic hydroxyl groups is 1. The SMILES string of the molecule is C=CS(=O)(=O)N(CCO)Cc1cccnc1. The van der Waals surface area contributed by atoms with Crippen LogP contribution in [-0.2, 0) is 16.6 Å². The average molecular weight is 242 g/mol. The van der Waals surface area contributed by atoms with Crippen molar-refractivity contribution in [3.8, 4) is 0 Å². The molecule has 0 aliphatic carbocycles. The van der Waals surface area contributed by atoms with Gasteiger partial charge in [-0.2, -0.15) is 4.31 Å². The van der Waals surface area contributed by atoms with Gasteiger partial charge in [0.2, 0.25) is 10.0 Å². The molecule has 0 saturated carbocycles. The molecule has 0 unspecified atom stereocenters. The predicted octanol–water partition coefficient (Wildman–Crippen LogP) is 0.349. The van der Waals surface area contributed by atoms with E-state index in [4.69, 9.17) is 5.11 Å². The van der Waals surface area contributed by atoms with E-state index in [2.05, 4.69) is 11.6 Å². The zero-order chi connectivity index (χ0) is 12.0. The van der Waals surface area contributed by atoms with Gasteiger partial charge < -0.3 is 5.11 Å². The summed E-state index contributed by atoms with van der Waals surface area (Å²) < 4.78 is 24.3. The van der Waals surface area contributed by atoms with E-state index in [9.17, 15) is 8.42 Å². The van der Waals surface area contributed by atoms with E-state index in [0.717, 1.165) is 15.3 Å². The van der Waals surface area contributed by atoms with Gasteiger partial charge in [0.25, 0.3) is 0 Å². The Kier molecular flexibility index (Phi) is 4.60. The molecule has 0 radical (unpaired) electrons. The Morgan fingerprint density at radius 1 is 1.56 bits per heavy atom. The second kappa shape index (κ2) is 5.74. The van der Waals surface area contributed by atoms with Gasteiger partial charge in [0, 0.05) is 30.9 Å². The first-order valence-electron chi connectivity index (χ1n) is 4.72. The van der Waals surface area contributed by atoms with Crippen LogP contribution in [0.25, 0.3) is 0 Å². The van der Waals surface area contributed by atoms with Crippen molar-refractivity contribution in [3.05, 3.63) is 42.1 Å². The lowest BCUT2D eigenvalue weighted by molar-refractivity contribution is 0.252. The van der Waals surface area contributed by atoms with Crippen molar-refractivity contribution in [2.45, 2.75) is 6.54 Å². The lowest BCUT2D eigenvalue weighted by atomic mass is 10.3. The minimum atomic E-state index is -3.51. The molecule has 0 amide bonds. The number of pyridine rings is 1. The molecule has 1 rings (SSSR count). The quantitative estimate of drug-likeness (QED) is 0.781. The first-order chi connectivity index (χ1) is 7.60. The lowest BCUT2D eigenvalue weighted by Gasteiger charge is -2.18. The summed E-state index contributed by atoms with van der Waals surface area (Å²) in [5.41, 5.74) is 0.765. The summed E-state index contributed by atoms with van der Waals surface area (Å²) in [5.74, 6) is 0. The van der Waals surface area contributed by atoms with E-state index < -0.39 is 10.0 Å². The van der Waals surface area contributed by atoms with Crippen LogP contribution in [0, 0.1) is 0 Å². The lowest BCUT2D eigenvalue weighted by Crippen LogP contribution is -2.31. The summed E-state index contributed by atoms with van der Waals surface area (Å²) in [6.45, 7) is 3.25. The van der Waals surface area contributed by atoms with Gasteiger partial charge in [0.15, 0.2) is 0 Å². The van der Waals surface area contributed by atoms with Gasteiger partial charge in [-0.25, -0.2) is 8.42 Å². The fourth-order valence-corrected chi connectivity index (χ4v) is 2.08. The Balaban J connectivity index is 2.85. The molecule has 0 aliphatic rings. The standard InChI is InChI=1S/C10H14N2O3S/c1-2-16(14,15)12(6-7-13)9-10-4-3-5-11-8-10/h2-5,8,13H,1,6-7,9H2. The van der Waals surface area contributed by atoms with Gasteiger partial charge in [-0.15, -0.1) is 0 Å². The normalized spacial score (nSPS) is 11.6. The molecular weight excluding hydrogens is 228 g/mol. The van der Waals surface area contributed by atoms with Crippen LogP contribution < -0.4 is 0 Å². The molecule has 0 saturated heterocycles. The molecule has 0 atom stereocenters. The topological polar surface area (TPSA) is 70.5 Å². The number of hydrogen-bond acceptors (Lipinski definition) is 4. The maximum Gasteiger partial charge on any atom is 0.236 e. The molecule has 6 heteroatoms.